The molecule has 5 nitrogen and oxygen atoms in total. The molecule has 0 heterocycles. The standard InChI is InChI=1S/C14H11F2NO4/c15-9-5-6-14(12(7-9)17(19)20)21-8-13(18)10-3-1-2-4-11(10)16/h1-7,13,18H,8H2. The van der Waals surface area contributed by atoms with Crippen LogP contribution in [0.5, 0.6) is 5.75 Å². The van der Waals surface area contributed by atoms with Crippen molar-refractivity contribution in [1.82, 2.24) is 0 Å². The summed E-state index contributed by atoms with van der Waals surface area (Å²) >= 11 is 0. The summed E-state index contributed by atoms with van der Waals surface area (Å²) in [5, 5.41) is 20.6. The van der Waals surface area contributed by atoms with Gasteiger partial charge >= 0.3 is 5.69 Å². The van der Waals surface area contributed by atoms with Crippen LogP contribution in [0.3, 0.4) is 0 Å². The number of ether oxygens (including phenoxy) is 1. The first kappa shape index (κ1) is 14.9. The van der Waals surface area contributed by atoms with Crippen LogP contribution in [0.4, 0.5) is 14.5 Å². The van der Waals surface area contributed by atoms with Gasteiger partial charge < -0.3 is 9.84 Å². The number of nitro groups is 1. The predicted octanol–water partition coefficient (Wildman–Crippen LogP) is 2.99. The van der Waals surface area contributed by atoms with Crippen LogP contribution in [0.2, 0.25) is 0 Å². The number of aliphatic hydroxyl groups excluding tert-OH is 1. The van der Waals surface area contributed by atoms with Crippen molar-refractivity contribution in [3.63, 3.8) is 0 Å². The Morgan fingerprint density at radius 2 is 1.95 bits per heavy atom. The first-order valence-corrected chi connectivity index (χ1v) is 5.98. The lowest BCUT2D eigenvalue weighted by Gasteiger charge is -2.13. The van der Waals surface area contributed by atoms with Crippen LogP contribution in [-0.4, -0.2) is 16.6 Å². The highest BCUT2D eigenvalue weighted by atomic mass is 19.1. The van der Waals surface area contributed by atoms with Crippen molar-refractivity contribution in [2.75, 3.05) is 6.61 Å². The number of aliphatic hydroxyl groups is 1. The van der Waals surface area contributed by atoms with Gasteiger partial charge in [0.05, 0.1) is 11.0 Å². The highest BCUT2D eigenvalue weighted by Crippen LogP contribution is 2.28. The fourth-order valence-electron chi connectivity index (χ4n) is 1.76. The van der Waals surface area contributed by atoms with Gasteiger partial charge in [-0.15, -0.1) is 0 Å². The van der Waals surface area contributed by atoms with E-state index in [0.717, 1.165) is 12.1 Å². The van der Waals surface area contributed by atoms with Gasteiger partial charge in [0, 0.05) is 5.56 Å². The smallest absolute Gasteiger partial charge is 0.313 e. The Balaban J connectivity index is 2.13. The van der Waals surface area contributed by atoms with Crippen molar-refractivity contribution >= 4 is 5.69 Å². The Bertz CT molecular complexity index is 663. The molecular weight excluding hydrogens is 284 g/mol. The van der Waals surface area contributed by atoms with Gasteiger partial charge in [-0.05, 0) is 18.2 Å². The first-order valence-electron chi connectivity index (χ1n) is 5.98. The van der Waals surface area contributed by atoms with Crippen LogP contribution >= 0.6 is 0 Å². The fraction of sp³-hybridized carbons (Fsp3) is 0.143. The minimum Gasteiger partial charge on any atom is -0.484 e. The lowest BCUT2D eigenvalue weighted by atomic mass is 10.1. The Morgan fingerprint density at radius 3 is 2.62 bits per heavy atom. The minimum atomic E-state index is -1.30. The van der Waals surface area contributed by atoms with Gasteiger partial charge in [-0.2, -0.15) is 0 Å². The Hall–Kier alpha value is -2.54. The lowest BCUT2D eigenvalue weighted by Crippen LogP contribution is -2.12. The molecule has 0 fully saturated rings. The van der Waals surface area contributed by atoms with Gasteiger partial charge in [-0.1, -0.05) is 18.2 Å². The largest absolute Gasteiger partial charge is 0.484 e. The van der Waals surface area contributed by atoms with Gasteiger partial charge in [0.15, 0.2) is 5.75 Å². The zero-order chi connectivity index (χ0) is 15.4. The predicted molar refractivity (Wildman–Crippen MR) is 69.9 cm³/mol. The summed E-state index contributed by atoms with van der Waals surface area (Å²) in [4.78, 5) is 9.98. The average Bonchev–Trinajstić information content (AvgIpc) is 2.46. The topological polar surface area (TPSA) is 72.6 Å². The summed E-state index contributed by atoms with van der Waals surface area (Å²) in [6.07, 6.45) is -1.30. The molecule has 0 saturated carbocycles. The number of hydrogen-bond acceptors (Lipinski definition) is 4. The van der Waals surface area contributed by atoms with Crippen molar-refractivity contribution < 1.29 is 23.5 Å². The van der Waals surface area contributed by atoms with Crippen molar-refractivity contribution in [2.24, 2.45) is 0 Å². The van der Waals surface area contributed by atoms with Crippen LogP contribution < -0.4 is 4.74 Å². The Labute approximate surface area is 118 Å². The zero-order valence-electron chi connectivity index (χ0n) is 10.7. The fourth-order valence-corrected chi connectivity index (χ4v) is 1.76. The van der Waals surface area contributed by atoms with E-state index in [9.17, 15) is 24.0 Å². The molecule has 0 saturated heterocycles. The van der Waals surface area contributed by atoms with E-state index in [1.165, 1.54) is 18.2 Å². The van der Waals surface area contributed by atoms with Gasteiger partial charge in [0.25, 0.3) is 0 Å². The average molecular weight is 295 g/mol. The third-order valence-corrected chi connectivity index (χ3v) is 2.78. The van der Waals surface area contributed by atoms with Crippen LogP contribution in [0.1, 0.15) is 11.7 Å². The molecule has 1 N–H and O–H groups in total. The summed E-state index contributed by atoms with van der Waals surface area (Å²) in [7, 11) is 0. The molecule has 0 aliphatic carbocycles. The van der Waals surface area contributed by atoms with E-state index in [4.69, 9.17) is 4.74 Å². The second kappa shape index (κ2) is 6.27. The molecule has 0 spiro atoms. The van der Waals surface area contributed by atoms with Crippen LogP contribution in [-0.2, 0) is 0 Å². The van der Waals surface area contributed by atoms with Crippen molar-refractivity contribution in [3.05, 3.63) is 69.8 Å². The molecule has 7 heteroatoms. The van der Waals surface area contributed by atoms with E-state index < -0.39 is 35.0 Å². The van der Waals surface area contributed by atoms with Gasteiger partial charge in [-0.3, -0.25) is 10.1 Å². The highest BCUT2D eigenvalue weighted by Gasteiger charge is 2.19. The molecule has 0 aliphatic heterocycles. The van der Waals surface area contributed by atoms with Crippen molar-refractivity contribution in [2.45, 2.75) is 6.10 Å². The number of halogens is 2. The molecular formula is C14H11F2NO4. The number of nitro benzene ring substituents is 1. The SMILES string of the molecule is O=[N+]([O-])c1cc(F)ccc1OCC(O)c1ccccc1F. The molecule has 1 atom stereocenters. The normalized spacial score (nSPS) is 12.0. The van der Waals surface area contributed by atoms with Gasteiger partial charge in [-0.25, -0.2) is 8.78 Å². The van der Waals surface area contributed by atoms with Crippen LogP contribution in [0, 0.1) is 21.7 Å². The maximum atomic E-state index is 13.5. The lowest BCUT2D eigenvalue weighted by molar-refractivity contribution is -0.386. The Morgan fingerprint density at radius 1 is 1.24 bits per heavy atom. The zero-order valence-corrected chi connectivity index (χ0v) is 10.7. The van der Waals surface area contributed by atoms with E-state index >= 15 is 0 Å². The van der Waals surface area contributed by atoms with E-state index in [1.54, 1.807) is 6.07 Å². The summed E-state index contributed by atoms with van der Waals surface area (Å²) in [5.74, 6) is -1.58. The van der Waals surface area contributed by atoms with Crippen LogP contribution in [0.15, 0.2) is 42.5 Å². The molecule has 0 aliphatic rings. The van der Waals surface area contributed by atoms with Gasteiger partial charge in [0.2, 0.25) is 0 Å². The third kappa shape index (κ3) is 3.51. The summed E-state index contributed by atoms with van der Waals surface area (Å²) in [5.41, 5.74) is -0.544. The van der Waals surface area contributed by atoms with E-state index in [-0.39, 0.29) is 11.3 Å². The second-order valence-electron chi connectivity index (χ2n) is 4.22. The third-order valence-electron chi connectivity index (χ3n) is 2.78. The second-order valence-corrected chi connectivity index (χ2v) is 4.22. The van der Waals surface area contributed by atoms with E-state index in [2.05, 4.69) is 0 Å². The van der Waals surface area contributed by atoms with Crippen LogP contribution in [0.25, 0.3) is 0 Å². The number of rotatable bonds is 5. The summed E-state index contributed by atoms with van der Waals surface area (Å²) in [6, 6.07) is 8.37. The molecule has 0 radical (unpaired) electrons. The maximum Gasteiger partial charge on any atom is 0.313 e. The first-order chi connectivity index (χ1) is 9.99. The molecule has 0 amide bonds. The number of benzene rings is 2. The molecule has 1 unspecified atom stereocenters. The van der Waals surface area contributed by atoms with Crippen molar-refractivity contribution in [1.29, 1.82) is 0 Å². The number of nitrogens with zero attached hydrogens (tertiary/aromatic N) is 1. The Kier molecular flexibility index (Phi) is 4.44. The number of hydrogen-bond donors (Lipinski definition) is 1. The monoisotopic (exact) mass is 295 g/mol. The molecule has 110 valence electrons. The maximum absolute atomic E-state index is 13.5. The quantitative estimate of drug-likeness (QED) is 0.680. The molecule has 2 rings (SSSR count). The van der Waals surface area contributed by atoms with E-state index in [1.807, 2.05) is 0 Å². The highest BCUT2D eigenvalue weighted by molar-refractivity contribution is 5.46. The van der Waals surface area contributed by atoms with Gasteiger partial charge in [0.1, 0.15) is 24.3 Å². The van der Waals surface area contributed by atoms with E-state index in [0.29, 0.717) is 6.07 Å². The molecule has 0 bridgehead atoms. The molecule has 2 aromatic carbocycles. The minimum absolute atomic E-state index is 0.0160. The summed E-state index contributed by atoms with van der Waals surface area (Å²) in [6.45, 7) is -0.395. The molecule has 21 heavy (non-hydrogen) atoms. The molecule has 2 aromatic rings. The van der Waals surface area contributed by atoms with Crippen molar-refractivity contribution in [3.8, 4) is 5.75 Å². The summed E-state index contributed by atoms with van der Waals surface area (Å²) < 4.78 is 31.5. The molecule has 0 aromatic heterocycles.